The topological polar surface area (TPSA) is 23.5 Å². The van der Waals surface area contributed by atoms with Crippen LogP contribution in [-0.2, 0) is 0 Å². The zero-order valence-electron chi connectivity index (χ0n) is 11.7. The molecule has 2 nitrogen and oxygen atoms in total. The van der Waals surface area contributed by atoms with Crippen molar-refractivity contribution in [1.29, 1.82) is 0 Å². The lowest BCUT2D eigenvalue weighted by Gasteiger charge is -2.32. The van der Waals surface area contributed by atoms with Crippen molar-refractivity contribution in [3.8, 4) is 0 Å². The van der Waals surface area contributed by atoms with E-state index in [1.54, 1.807) is 0 Å². The Morgan fingerprint density at radius 2 is 1.62 bits per heavy atom. The Kier molecular flexibility index (Phi) is 10.0. The number of hydrogen-bond acceptors (Lipinski definition) is 2. The summed E-state index contributed by atoms with van der Waals surface area (Å²) in [6, 6.07) is 0.747. The first-order valence-electron chi connectivity index (χ1n) is 7.00. The summed E-state index contributed by atoms with van der Waals surface area (Å²) in [5, 5.41) is 8.76. The van der Waals surface area contributed by atoms with Gasteiger partial charge in [0.25, 0.3) is 0 Å². The smallest absolute Gasteiger partial charge is 0.0431 e. The van der Waals surface area contributed by atoms with Gasteiger partial charge in [0.05, 0.1) is 0 Å². The van der Waals surface area contributed by atoms with E-state index in [2.05, 4.69) is 32.6 Å². The van der Waals surface area contributed by atoms with Gasteiger partial charge in [0.15, 0.2) is 0 Å². The van der Waals surface area contributed by atoms with Crippen molar-refractivity contribution in [2.24, 2.45) is 5.92 Å². The summed E-state index contributed by atoms with van der Waals surface area (Å²) in [7, 11) is 0. The molecule has 0 fully saturated rings. The predicted octanol–water partition coefficient (Wildman–Crippen LogP) is 3.30. The van der Waals surface area contributed by atoms with E-state index in [4.69, 9.17) is 5.11 Å². The summed E-state index contributed by atoms with van der Waals surface area (Å²) in [6.07, 6.45) is 5.85. The molecule has 0 atom stereocenters. The maximum Gasteiger partial charge on any atom is 0.0431 e. The fourth-order valence-electron chi connectivity index (χ4n) is 2.30. The molecular weight excluding hydrogens is 198 g/mol. The molecule has 0 saturated heterocycles. The first-order chi connectivity index (χ1) is 7.65. The highest BCUT2D eigenvalue weighted by atomic mass is 16.2. The molecule has 0 aliphatic heterocycles. The van der Waals surface area contributed by atoms with Crippen LogP contribution in [0.2, 0.25) is 0 Å². The summed E-state index contributed by atoms with van der Waals surface area (Å²) < 4.78 is 0. The van der Waals surface area contributed by atoms with E-state index in [1.807, 2.05) is 0 Å². The SMILES string of the molecule is CCC(CC)N(CCCCCO)CC(C)C. The van der Waals surface area contributed by atoms with E-state index in [-0.39, 0.29) is 0 Å². The molecule has 16 heavy (non-hydrogen) atoms. The highest BCUT2D eigenvalue weighted by Crippen LogP contribution is 2.12. The largest absolute Gasteiger partial charge is 0.396 e. The normalized spacial score (nSPS) is 12.0. The van der Waals surface area contributed by atoms with Crippen LogP contribution in [0.5, 0.6) is 0 Å². The predicted molar refractivity (Wildman–Crippen MR) is 71.7 cm³/mol. The van der Waals surface area contributed by atoms with E-state index in [9.17, 15) is 0 Å². The molecule has 2 heteroatoms. The second kappa shape index (κ2) is 10.1. The van der Waals surface area contributed by atoms with Crippen LogP contribution in [-0.4, -0.2) is 35.7 Å². The van der Waals surface area contributed by atoms with Gasteiger partial charge in [-0.1, -0.05) is 27.7 Å². The van der Waals surface area contributed by atoms with Crippen LogP contribution in [0.15, 0.2) is 0 Å². The van der Waals surface area contributed by atoms with Crippen molar-refractivity contribution in [2.45, 2.75) is 65.8 Å². The number of hydrogen-bond donors (Lipinski definition) is 1. The molecule has 0 heterocycles. The Morgan fingerprint density at radius 1 is 1.00 bits per heavy atom. The van der Waals surface area contributed by atoms with Gasteiger partial charge in [-0.15, -0.1) is 0 Å². The van der Waals surface area contributed by atoms with Crippen molar-refractivity contribution in [3.05, 3.63) is 0 Å². The Hall–Kier alpha value is -0.0800. The van der Waals surface area contributed by atoms with Gasteiger partial charge in [-0.2, -0.15) is 0 Å². The Morgan fingerprint density at radius 3 is 2.06 bits per heavy atom. The van der Waals surface area contributed by atoms with Gasteiger partial charge in [-0.25, -0.2) is 0 Å². The summed E-state index contributed by atoms with van der Waals surface area (Å²) in [4.78, 5) is 2.64. The van der Waals surface area contributed by atoms with Gasteiger partial charge in [-0.05, 0) is 44.6 Å². The lowest BCUT2D eigenvalue weighted by atomic mass is 10.1. The Bertz CT molecular complexity index is 144. The third-order valence-electron chi connectivity index (χ3n) is 3.16. The minimum Gasteiger partial charge on any atom is -0.396 e. The van der Waals surface area contributed by atoms with Gasteiger partial charge < -0.3 is 10.0 Å². The molecule has 0 bridgehead atoms. The summed E-state index contributed by atoms with van der Waals surface area (Å²) >= 11 is 0. The highest BCUT2D eigenvalue weighted by Gasteiger charge is 2.15. The van der Waals surface area contributed by atoms with Crippen LogP contribution >= 0.6 is 0 Å². The molecule has 0 saturated carbocycles. The van der Waals surface area contributed by atoms with E-state index < -0.39 is 0 Å². The van der Waals surface area contributed by atoms with Crippen LogP contribution in [0.4, 0.5) is 0 Å². The van der Waals surface area contributed by atoms with E-state index in [0.29, 0.717) is 6.61 Å². The zero-order valence-corrected chi connectivity index (χ0v) is 11.7. The molecular formula is C14H31NO. The van der Waals surface area contributed by atoms with Crippen molar-refractivity contribution in [3.63, 3.8) is 0 Å². The van der Waals surface area contributed by atoms with Crippen LogP contribution in [0.3, 0.4) is 0 Å². The molecule has 0 spiro atoms. The minimum atomic E-state index is 0.342. The standard InChI is InChI=1S/C14H31NO/c1-5-14(6-2)15(12-13(3)4)10-8-7-9-11-16/h13-14,16H,5-12H2,1-4H3. The number of nitrogens with zero attached hydrogens (tertiary/aromatic N) is 1. The average Bonchev–Trinajstić information content (AvgIpc) is 2.25. The zero-order chi connectivity index (χ0) is 12.4. The van der Waals surface area contributed by atoms with Gasteiger partial charge in [0, 0.05) is 19.2 Å². The molecule has 0 aromatic heterocycles. The van der Waals surface area contributed by atoms with Crippen LogP contribution in [0, 0.1) is 5.92 Å². The van der Waals surface area contributed by atoms with Crippen LogP contribution in [0.25, 0.3) is 0 Å². The van der Waals surface area contributed by atoms with Crippen molar-refractivity contribution < 1.29 is 5.11 Å². The van der Waals surface area contributed by atoms with Gasteiger partial charge in [0.2, 0.25) is 0 Å². The van der Waals surface area contributed by atoms with Crippen LogP contribution < -0.4 is 0 Å². The number of rotatable bonds is 10. The molecule has 0 aliphatic carbocycles. The Balaban J connectivity index is 3.98. The monoisotopic (exact) mass is 229 g/mol. The van der Waals surface area contributed by atoms with E-state index in [0.717, 1.165) is 24.8 Å². The molecule has 0 aromatic carbocycles. The fourth-order valence-corrected chi connectivity index (χ4v) is 2.30. The quantitative estimate of drug-likeness (QED) is 0.581. The minimum absolute atomic E-state index is 0.342. The summed E-state index contributed by atoms with van der Waals surface area (Å²) in [5.74, 6) is 0.749. The lowest BCUT2D eigenvalue weighted by Crippen LogP contribution is -2.38. The van der Waals surface area contributed by atoms with Crippen LogP contribution in [0.1, 0.15) is 59.8 Å². The molecule has 98 valence electrons. The average molecular weight is 229 g/mol. The fraction of sp³-hybridized carbons (Fsp3) is 1.00. The number of unbranched alkanes of at least 4 members (excludes halogenated alkanes) is 2. The maximum atomic E-state index is 8.76. The molecule has 0 rings (SSSR count). The lowest BCUT2D eigenvalue weighted by molar-refractivity contribution is 0.161. The van der Waals surface area contributed by atoms with Crippen molar-refractivity contribution in [1.82, 2.24) is 4.90 Å². The number of aliphatic hydroxyl groups is 1. The summed E-state index contributed by atoms with van der Waals surface area (Å²) in [6.45, 7) is 11.9. The number of aliphatic hydroxyl groups excluding tert-OH is 1. The van der Waals surface area contributed by atoms with Crippen molar-refractivity contribution >= 4 is 0 Å². The summed E-state index contributed by atoms with van der Waals surface area (Å²) in [5.41, 5.74) is 0. The van der Waals surface area contributed by atoms with E-state index in [1.165, 1.54) is 32.4 Å². The maximum absolute atomic E-state index is 8.76. The second-order valence-electron chi connectivity index (χ2n) is 5.14. The second-order valence-corrected chi connectivity index (χ2v) is 5.14. The third kappa shape index (κ3) is 7.24. The van der Waals surface area contributed by atoms with Gasteiger partial charge in [0.1, 0.15) is 0 Å². The molecule has 0 aromatic rings. The molecule has 0 radical (unpaired) electrons. The first-order valence-corrected chi connectivity index (χ1v) is 7.00. The Labute approximate surface area is 102 Å². The molecule has 0 unspecified atom stereocenters. The first kappa shape index (κ1) is 15.9. The molecule has 0 aliphatic rings. The van der Waals surface area contributed by atoms with Crippen molar-refractivity contribution in [2.75, 3.05) is 19.7 Å². The van der Waals surface area contributed by atoms with E-state index >= 15 is 0 Å². The van der Waals surface area contributed by atoms with Gasteiger partial charge >= 0.3 is 0 Å². The molecule has 1 N–H and O–H groups in total. The highest BCUT2D eigenvalue weighted by molar-refractivity contribution is 4.70. The molecule has 0 amide bonds. The van der Waals surface area contributed by atoms with Gasteiger partial charge in [-0.3, -0.25) is 0 Å². The third-order valence-corrected chi connectivity index (χ3v) is 3.16.